The number of hydrogen-bond donors (Lipinski definition) is 0. The third-order valence-corrected chi connectivity index (χ3v) is 10.00. The predicted octanol–water partition coefficient (Wildman–Crippen LogP) is 9.42. The molecule has 248 valence electrons. The minimum absolute atomic E-state index is 0.00122. The van der Waals surface area contributed by atoms with E-state index < -0.39 is 0 Å². The van der Waals surface area contributed by atoms with Crippen molar-refractivity contribution >= 4 is 45.9 Å². The first-order valence-electron chi connectivity index (χ1n) is 17.4. The molecule has 5 heterocycles. The standard InChI is InChI=1S/C43H37BN6O/c1-28-12-10-13-29(2)41(28)44-48-23-9-8-18-38(48)47-40-27-46-42(50(40)44)30-14-11-15-32(24-30)51-33-19-20-35-34-16-6-7-17-36(34)49(37(35)26-33)39-25-31(21-22-45-39)43(3,4)5/h6-27H,1-5H3. The van der Waals surface area contributed by atoms with Gasteiger partial charge in [0.1, 0.15) is 34.8 Å². The normalized spacial score (nSPS) is 13.9. The maximum absolute atomic E-state index is 6.64. The number of fused-ring (bicyclic) bond motifs is 5. The van der Waals surface area contributed by atoms with Gasteiger partial charge in [0.15, 0.2) is 0 Å². The number of imidazole rings is 1. The van der Waals surface area contributed by atoms with Crippen molar-refractivity contribution < 1.29 is 4.74 Å². The van der Waals surface area contributed by atoms with Gasteiger partial charge in [-0.15, -0.1) is 0 Å². The van der Waals surface area contributed by atoms with Gasteiger partial charge in [-0.1, -0.05) is 86.5 Å². The third-order valence-electron chi connectivity index (χ3n) is 10.00. The van der Waals surface area contributed by atoms with Crippen LogP contribution in [0.1, 0.15) is 37.5 Å². The van der Waals surface area contributed by atoms with Gasteiger partial charge < -0.3 is 14.0 Å². The van der Waals surface area contributed by atoms with E-state index in [2.05, 4.69) is 146 Å². The van der Waals surface area contributed by atoms with Crippen molar-refractivity contribution in [3.8, 4) is 28.7 Å². The number of aliphatic imine (C=N–C) groups is 1. The molecule has 0 atom stereocenters. The van der Waals surface area contributed by atoms with E-state index in [0.29, 0.717) is 0 Å². The van der Waals surface area contributed by atoms with Crippen LogP contribution < -0.4 is 10.2 Å². The van der Waals surface area contributed by atoms with Crippen molar-refractivity contribution in [1.82, 2.24) is 23.8 Å². The van der Waals surface area contributed by atoms with E-state index in [9.17, 15) is 0 Å². The molecule has 0 unspecified atom stereocenters. The number of rotatable bonds is 5. The first-order chi connectivity index (χ1) is 24.7. The first-order valence-corrected chi connectivity index (χ1v) is 17.4. The highest BCUT2D eigenvalue weighted by molar-refractivity contribution is 6.74. The highest BCUT2D eigenvalue weighted by Gasteiger charge is 2.39. The van der Waals surface area contributed by atoms with Crippen molar-refractivity contribution in [2.75, 3.05) is 0 Å². The van der Waals surface area contributed by atoms with Gasteiger partial charge in [0, 0.05) is 28.6 Å². The van der Waals surface area contributed by atoms with Gasteiger partial charge in [-0.3, -0.25) is 4.57 Å². The summed E-state index contributed by atoms with van der Waals surface area (Å²) in [5.41, 5.74) is 8.02. The molecule has 0 amide bonds. The van der Waals surface area contributed by atoms with Crippen LogP contribution in [0.2, 0.25) is 0 Å². The van der Waals surface area contributed by atoms with E-state index in [-0.39, 0.29) is 12.4 Å². The number of nitrogens with zero attached hydrogens (tertiary/aromatic N) is 6. The van der Waals surface area contributed by atoms with Crippen LogP contribution in [-0.4, -0.2) is 36.6 Å². The molecule has 0 saturated carbocycles. The molecule has 0 saturated heterocycles. The van der Waals surface area contributed by atoms with E-state index in [1.165, 1.54) is 27.5 Å². The zero-order valence-corrected chi connectivity index (χ0v) is 29.4. The number of aromatic nitrogens is 4. The molecule has 0 fully saturated rings. The molecule has 8 heteroatoms. The molecule has 0 spiro atoms. The number of para-hydroxylation sites is 1. The molecule has 4 aromatic carbocycles. The fourth-order valence-electron chi connectivity index (χ4n) is 7.48. The number of ether oxygens (including phenoxy) is 1. The smallest absolute Gasteiger partial charge is 0.424 e. The van der Waals surface area contributed by atoms with Gasteiger partial charge in [0.25, 0.3) is 0 Å². The molecular weight excluding hydrogens is 627 g/mol. The van der Waals surface area contributed by atoms with Crippen LogP contribution in [0, 0.1) is 13.8 Å². The second kappa shape index (κ2) is 11.7. The minimum atomic E-state index is -0.147. The summed E-state index contributed by atoms with van der Waals surface area (Å²) in [7, 11) is 0. The highest BCUT2D eigenvalue weighted by atomic mass is 16.5. The van der Waals surface area contributed by atoms with Crippen LogP contribution in [0.3, 0.4) is 0 Å². The van der Waals surface area contributed by atoms with Gasteiger partial charge in [-0.05, 0) is 91.1 Å². The Balaban J connectivity index is 1.13. The first kappa shape index (κ1) is 30.9. The zero-order chi connectivity index (χ0) is 34.9. The van der Waals surface area contributed by atoms with Gasteiger partial charge >= 0.3 is 6.98 Å². The van der Waals surface area contributed by atoms with Crippen molar-refractivity contribution in [1.29, 1.82) is 0 Å². The topological polar surface area (TPSA) is 60.5 Å². The molecule has 3 aromatic heterocycles. The van der Waals surface area contributed by atoms with Gasteiger partial charge in [-0.2, -0.15) is 0 Å². The summed E-state index contributed by atoms with van der Waals surface area (Å²) >= 11 is 0. The van der Waals surface area contributed by atoms with Crippen LogP contribution in [0.15, 0.2) is 139 Å². The molecule has 2 aliphatic heterocycles. The fourth-order valence-corrected chi connectivity index (χ4v) is 7.48. The van der Waals surface area contributed by atoms with Crippen molar-refractivity contribution in [3.63, 3.8) is 0 Å². The number of aryl methyl sites for hydroxylation is 2. The Hall–Kier alpha value is -6.15. The maximum Gasteiger partial charge on any atom is 0.424 e. The molecule has 7 nitrogen and oxygen atoms in total. The van der Waals surface area contributed by atoms with Crippen LogP contribution >= 0.6 is 0 Å². The Labute approximate surface area is 298 Å². The van der Waals surface area contributed by atoms with Gasteiger partial charge in [0.05, 0.1) is 17.2 Å². The van der Waals surface area contributed by atoms with Gasteiger partial charge in [0.2, 0.25) is 0 Å². The molecule has 7 aromatic rings. The number of amidine groups is 1. The Morgan fingerprint density at radius 2 is 1.51 bits per heavy atom. The summed E-state index contributed by atoms with van der Waals surface area (Å²) in [6.45, 7) is 10.9. The number of benzene rings is 4. The summed E-state index contributed by atoms with van der Waals surface area (Å²) in [6, 6.07) is 33.8. The van der Waals surface area contributed by atoms with E-state index >= 15 is 0 Å². The third kappa shape index (κ3) is 5.17. The quantitative estimate of drug-likeness (QED) is 0.172. The lowest BCUT2D eigenvalue weighted by molar-refractivity contribution is 0.483. The second-order valence-corrected chi connectivity index (χ2v) is 14.4. The fraction of sp³-hybridized carbons (Fsp3) is 0.140. The number of pyridine rings is 1. The summed E-state index contributed by atoms with van der Waals surface area (Å²) in [4.78, 5) is 17.0. The van der Waals surface area contributed by atoms with Crippen LogP contribution in [-0.2, 0) is 5.41 Å². The predicted molar refractivity (Wildman–Crippen MR) is 209 cm³/mol. The molecule has 2 aliphatic rings. The number of hydrogen-bond acceptors (Lipinski definition) is 5. The largest absolute Gasteiger partial charge is 0.457 e. The highest BCUT2D eigenvalue weighted by Crippen LogP contribution is 2.37. The van der Waals surface area contributed by atoms with E-state index in [1.807, 2.05) is 36.7 Å². The summed E-state index contributed by atoms with van der Waals surface area (Å²) in [5.74, 6) is 4.90. The summed E-state index contributed by atoms with van der Waals surface area (Å²) in [5, 5.41) is 2.33. The van der Waals surface area contributed by atoms with E-state index in [0.717, 1.165) is 56.8 Å². The average molecular weight is 665 g/mol. The Bertz CT molecular complexity index is 2580. The Morgan fingerprint density at radius 3 is 2.35 bits per heavy atom. The maximum atomic E-state index is 6.64. The van der Waals surface area contributed by atoms with E-state index in [1.54, 1.807) is 0 Å². The van der Waals surface area contributed by atoms with Crippen molar-refractivity contribution in [2.45, 2.75) is 40.0 Å². The lowest BCUT2D eigenvalue weighted by atomic mass is 9.61. The van der Waals surface area contributed by atoms with Crippen LogP contribution in [0.4, 0.5) is 5.82 Å². The SMILES string of the molecule is Cc1cccc(C)c1B1N2C=CC=CC2=Nc2cnc(-c3cccc(Oc4ccc5c6ccccc6n(-c6cc(C(C)(C)C)ccn6)c5c4)c3)n21. The monoisotopic (exact) mass is 664 g/mol. The molecule has 9 rings (SSSR count). The minimum Gasteiger partial charge on any atom is -0.457 e. The van der Waals surface area contributed by atoms with Crippen molar-refractivity contribution in [3.05, 3.63) is 151 Å². The molecule has 0 N–H and O–H groups in total. The molecule has 0 aliphatic carbocycles. The van der Waals surface area contributed by atoms with Crippen molar-refractivity contribution in [2.24, 2.45) is 4.99 Å². The average Bonchev–Trinajstić information content (AvgIpc) is 3.70. The lowest BCUT2D eigenvalue weighted by Gasteiger charge is -2.35. The molecule has 0 bridgehead atoms. The number of allylic oxidation sites excluding steroid dienone is 2. The van der Waals surface area contributed by atoms with Gasteiger partial charge in [-0.25, -0.2) is 15.0 Å². The Morgan fingerprint density at radius 1 is 0.725 bits per heavy atom. The second-order valence-electron chi connectivity index (χ2n) is 14.4. The lowest BCUT2D eigenvalue weighted by Crippen LogP contribution is -2.57. The molecular formula is C43H37BN6O. The van der Waals surface area contributed by atoms with Crippen LogP contribution in [0.25, 0.3) is 39.0 Å². The van der Waals surface area contributed by atoms with E-state index in [4.69, 9.17) is 19.7 Å². The molecule has 51 heavy (non-hydrogen) atoms. The summed E-state index contributed by atoms with van der Waals surface area (Å²) < 4.78 is 11.1. The zero-order valence-electron chi connectivity index (χ0n) is 29.4. The Kier molecular flexibility index (Phi) is 7.10. The summed E-state index contributed by atoms with van der Waals surface area (Å²) in [6.07, 6.45) is 12.0. The molecule has 0 radical (unpaired) electrons. The van der Waals surface area contributed by atoms with Crippen LogP contribution in [0.5, 0.6) is 11.5 Å².